The molecule has 15 rings (SSSR count). The van der Waals surface area contributed by atoms with E-state index >= 15 is 0 Å². The van der Waals surface area contributed by atoms with Crippen LogP contribution < -0.4 is 35.0 Å². The largest absolute Gasteiger partial charge is 0.450 e. The molecule has 5 aliphatic rings. The van der Waals surface area contributed by atoms with E-state index in [1.54, 1.807) is 0 Å². The zero-order valence-corrected chi connectivity index (χ0v) is 50.6. The molecule has 84 heavy (non-hydrogen) atoms. The fourth-order valence-corrected chi connectivity index (χ4v) is 14.9. The number of para-hydroxylation sites is 4. The van der Waals surface area contributed by atoms with E-state index < -0.39 is 0 Å². The van der Waals surface area contributed by atoms with Gasteiger partial charge in [0, 0.05) is 68.1 Å². The molecule has 0 saturated heterocycles. The third-order valence-electron chi connectivity index (χ3n) is 19.7. The fourth-order valence-electron chi connectivity index (χ4n) is 14.9. The van der Waals surface area contributed by atoms with Crippen molar-refractivity contribution in [2.75, 3.05) is 14.6 Å². The van der Waals surface area contributed by atoms with Gasteiger partial charge < -0.3 is 24.1 Å². The highest BCUT2D eigenvalue weighted by atomic mass is 16.6. The molecule has 0 spiro atoms. The van der Waals surface area contributed by atoms with E-state index in [-0.39, 0.29) is 28.5 Å². The van der Waals surface area contributed by atoms with Crippen molar-refractivity contribution in [3.05, 3.63) is 239 Å². The first kappa shape index (κ1) is 52.1. The second-order valence-electron chi connectivity index (χ2n) is 27.3. The number of ether oxygens (including phenoxy) is 2. The van der Waals surface area contributed by atoms with Gasteiger partial charge >= 0.3 is 6.85 Å². The molecule has 10 aromatic carbocycles. The Hall–Kier alpha value is -8.74. The number of fused-ring (bicyclic) bond motifs is 10. The molecule has 0 amide bonds. The van der Waals surface area contributed by atoms with Crippen molar-refractivity contribution in [1.29, 1.82) is 0 Å². The monoisotopic (exact) mass is 1090 g/mol. The number of rotatable bonds is 6. The predicted octanol–water partition coefficient (Wildman–Crippen LogP) is 20.3. The highest BCUT2D eigenvalue weighted by molar-refractivity contribution is 6.93. The van der Waals surface area contributed by atoms with E-state index in [0.29, 0.717) is 23.0 Å². The normalized spacial score (nSPS) is 15.9. The standard InChI is InChI=1S/C78H72BN3O2/c1-47-24-16-20-30-63(47)80(64-31-21-17-25-48(64)2)52-40-57-56-42-55-53-28-18-19-29-58(53)78(11,12)59(55)43-67(56)82(65-35-34-51(75(4,5)6)39-54(65)50-26-14-13-15-27-50)79-62-45-72-73(84-71-33-23-22-32-70(71)83-72)46-68(62)81(69(41-52)74(57)79)66-44-61-60(38-49(66)3)76(7,8)36-37-77(61,9)10/h13-35,38-46H,36-37H2,1-12H3. The van der Waals surface area contributed by atoms with E-state index in [1.165, 1.54) is 89.0 Å². The summed E-state index contributed by atoms with van der Waals surface area (Å²) in [6.45, 7) is 28.1. The molecule has 6 heteroatoms. The van der Waals surface area contributed by atoms with Crippen molar-refractivity contribution in [2.24, 2.45) is 0 Å². The molecule has 0 atom stereocenters. The SMILES string of the molecule is Cc1ccccc1N(c1cc2c3c(c1)N(c1cc4c(cc1C)C(C)(C)CCC4(C)C)c1cc4c(cc1B3N(c1ccc(C(C)(C)C)cc1-c1ccccc1)c1cc3c(cc1-2)-c1ccccc1C3(C)C)Oc1ccccc1O4)c1ccccc1C. The third kappa shape index (κ3) is 7.81. The molecule has 3 aliphatic heterocycles. The molecular weight excluding hydrogens is 1020 g/mol. The topological polar surface area (TPSA) is 28.2 Å². The maximum Gasteiger partial charge on any atom is 0.333 e. The van der Waals surface area contributed by atoms with Gasteiger partial charge in [-0.2, -0.15) is 0 Å². The first-order valence-electron chi connectivity index (χ1n) is 30.2. The summed E-state index contributed by atoms with van der Waals surface area (Å²) in [7, 11) is 0. The predicted molar refractivity (Wildman–Crippen MR) is 353 cm³/mol. The molecule has 10 aromatic rings. The van der Waals surface area contributed by atoms with Crippen LogP contribution in [0.15, 0.2) is 194 Å². The Bertz CT molecular complexity index is 4360. The zero-order chi connectivity index (χ0) is 57.9. The quantitative estimate of drug-likeness (QED) is 0.155. The molecule has 0 fully saturated rings. The first-order valence-corrected chi connectivity index (χ1v) is 30.2. The molecule has 2 aliphatic carbocycles. The Kier molecular flexibility index (Phi) is 11.4. The number of benzene rings is 10. The van der Waals surface area contributed by atoms with E-state index in [0.717, 1.165) is 58.1 Å². The Morgan fingerprint density at radius 3 is 1.69 bits per heavy atom. The molecule has 0 aromatic heterocycles. The van der Waals surface area contributed by atoms with Gasteiger partial charge in [-0.3, -0.25) is 0 Å². The number of anilines is 8. The van der Waals surface area contributed by atoms with Gasteiger partial charge in [-0.25, -0.2) is 0 Å². The lowest BCUT2D eigenvalue weighted by Crippen LogP contribution is -2.61. The average Bonchev–Trinajstić information content (AvgIpc) is 1.04. The molecule has 0 saturated carbocycles. The van der Waals surface area contributed by atoms with Gasteiger partial charge in [-0.1, -0.05) is 178 Å². The summed E-state index contributed by atoms with van der Waals surface area (Å²) in [4.78, 5) is 7.86. The van der Waals surface area contributed by atoms with Gasteiger partial charge in [0.1, 0.15) is 0 Å². The van der Waals surface area contributed by atoms with Gasteiger partial charge in [-0.15, -0.1) is 0 Å². The molecule has 414 valence electrons. The van der Waals surface area contributed by atoms with E-state index in [4.69, 9.17) is 9.47 Å². The van der Waals surface area contributed by atoms with Crippen molar-refractivity contribution in [1.82, 2.24) is 0 Å². The Labute approximate surface area is 497 Å². The third-order valence-corrected chi connectivity index (χ3v) is 19.7. The minimum Gasteiger partial charge on any atom is -0.450 e. The van der Waals surface area contributed by atoms with Gasteiger partial charge in [0.25, 0.3) is 0 Å². The molecule has 0 radical (unpaired) electrons. The van der Waals surface area contributed by atoms with Gasteiger partial charge in [0.15, 0.2) is 23.0 Å². The van der Waals surface area contributed by atoms with E-state index in [2.05, 4.69) is 268 Å². The summed E-state index contributed by atoms with van der Waals surface area (Å²) in [5.41, 5.74) is 28.8. The van der Waals surface area contributed by atoms with Crippen LogP contribution >= 0.6 is 0 Å². The van der Waals surface area contributed by atoms with Crippen molar-refractivity contribution >= 4 is 63.3 Å². The second kappa shape index (κ2) is 18.4. The van der Waals surface area contributed by atoms with E-state index in [9.17, 15) is 0 Å². The summed E-state index contributed by atoms with van der Waals surface area (Å²) in [5.74, 6) is 2.80. The lowest BCUT2D eigenvalue weighted by atomic mass is 9.43. The average molecular weight is 1090 g/mol. The Balaban J connectivity index is 1.13. The molecule has 0 N–H and O–H groups in total. The fraction of sp³-hybridized carbons (Fsp3) is 0.231. The smallest absolute Gasteiger partial charge is 0.333 e. The van der Waals surface area contributed by atoms with Crippen molar-refractivity contribution < 1.29 is 9.47 Å². The van der Waals surface area contributed by atoms with Crippen LogP contribution in [0.3, 0.4) is 0 Å². The molecule has 0 unspecified atom stereocenters. The minimum absolute atomic E-state index is 0.0218. The van der Waals surface area contributed by atoms with Gasteiger partial charge in [0.05, 0.1) is 0 Å². The van der Waals surface area contributed by atoms with Crippen molar-refractivity contribution in [3.63, 3.8) is 0 Å². The van der Waals surface area contributed by atoms with Crippen LogP contribution in [0.25, 0.3) is 33.4 Å². The maximum absolute atomic E-state index is 7.04. The van der Waals surface area contributed by atoms with Crippen molar-refractivity contribution in [2.45, 2.75) is 118 Å². The minimum atomic E-state index is -0.347. The van der Waals surface area contributed by atoms with Crippen LogP contribution in [0.5, 0.6) is 23.0 Å². The summed E-state index contributed by atoms with van der Waals surface area (Å²) in [6.07, 6.45) is 2.24. The number of nitrogens with zero attached hydrogens (tertiary/aromatic N) is 3. The Morgan fingerprint density at radius 2 is 1.02 bits per heavy atom. The van der Waals surface area contributed by atoms with Crippen molar-refractivity contribution in [3.8, 4) is 56.4 Å². The van der Waals surface area contributed by atoms with Crippen LogP contribution in [0.4, 0.5) is 45.5 Å². The molecule has 5 nitrogen and oxygen atoms in total. The lowest BCUT2D eigenvalue weighted by molar-refractivity contribution is 0.332. The van der Waals surface area contributed by atoms with E-state index in [1.807, 2.05) is 24.3 Å². The number of hydrogen-bond acceptors (Lipinski definition) is 5. The van der Waals surface area contributed by atoms with Crippen LogP contribution in [0, 0.1) is 20.8 Å². The Morgan fingerprint density at radius 1 is 0.429 bits per heavy atom. The van der Waals surface area contributed by atoms with Crippen LogP contribution in [-0.4, -0.2) is 6.85 Å². The highest BCUT2D eigenvalue weighted by Crippen LogP contribution is 2.59. The molecular formula is C78H72BN3O2. The second-order valence-corrected chi connectivity index (χ2v) is 27.3. The lowest BCUT2D eigenvalue weighted by Gasteiger charge is -2.48. The zero-order valence-electron chi connectivity index (χ0n) is 50.6. The maximum atomic E-state index is 7.04. The number of aryl methyl sites for hydroxylation is 3. The van der Waals surface area contributed by atoms with Crippen LogP contribution in [0.1, 0.15) is 120 Å². The molecule has 0 bridgehead atoms. The summed E-state index contributed by atoms with van der Waals surface area (Å²) < 4.78 is 14.1. The van der Waals surface area contributed by atoms with Crippen LogP contribution in [0.2, 0.25) is 0 Å². The summed E-state index contributed by atoms with van der Waals surface area (Å²) in [5, 5.41) is 0. The summed E-state index contributed by atoms with van der Waals surface area (Å²) in [6, 6.07) is 73.2. The highest BCUT2D eigenvalue weighted by Gasteiger charge is 2.50. The van der Waals surface area contributed by atoms with Crippen LogP contribution in [-0.2, 0) is 21.7 Å². The van der Waals surface area contributed by atoms with Gasteiger partial charge in [-0.05, 0) is 200 Å². The van der Waals surface area contributed by atoms with Gasteiger partial charge in [0.2, 0.25) is 0 Å². The molecule has 3 heterocycles. The summed E-state index contributed by atoms with van der Waals surface area (Å²) >= 11 is 0. The first-order chi connectivity index (χ1) is 40.3. The number of hydrogen-bond donors (Lipinski definition) is 0.